The topological polar surface area (TPSA) is 26.3 Å². The van der Waals surface area contributed by atoms with Gasteiger partial charge < -0.3 is 4.74 Å². The number of ether oxygens (including phenoxy) is 1. The van der Waals surface area contributed by atoms with Crippen LogP contribution in [-0.4, -0.2) is 12.9 Å². The number of aryl methyl sites for hydroxylation is 1. The molecule has 0 atom stereocenters. The van der Waals surface area contributed by atoms with Gasteiger partial charge in [-0.25, -0.2) is 0 Å². The fourth-order valence-corrected chi connectivity index (χ4v) is 2.36. The molecule has 0 spiro atoms. The summed E-state index contributed by atoms with van der Waals surface area (Å²) in [6.45, 7) is 6.25. The highest BCUT2D eigenvalue weighted by Gasteiger charge is 2.20. The quantitative estimate of drug-likeness (QED) is 0.668. The van der Waals surface area contributed by atoms with Gasteiger partial charge in [0.15, 0.2) is 5.78 Å². The van der Waals surface area contributed by atoms with Crippen molar-refractivity contribution in [3.05, 3.63) is 29.3 Å². The van der Waals surface area contributed by atoms with Gasteiger partial charge in [-0.1, -0.05) is 26.7 Å². The summed E-state index contributed by atoms with van der Waals surface area (Å²) in [6, 6.07) is 5.70. The largest absolute Gasteiger partial charge is 0.497 e. The second-order valence-electron chi connectivity index (χ2n) is 4.82. The summed E-state index contributed by atoms with van der Waals surface area (Å²) < 4.78 is 5.17. The number of methoxy groups -OCH3 is 1. The third-order valence-electron chi connectivity index (χ3n) is 3.34. The maximum Gasteiger partial charge on any atom is 0.166 e. The molecule has 0 aliphatic heterocycles. The summed E-state index contributed by atoms with van der Waals surface area (Å²) in [5.41, 5.74) is 1.86. The Morgan fingerprint density at radius 3 is 2.28 bits per heavy atom. The van der Waals surface area contributed by atoms with E-state index in [2.05, 4.69) is 13.8 Å². The highest BCUT2D eigenvalue weighted by Crippen LogP contribution is 2.24. The fourth-order valence-electron chi connectivity index (χ4n) is 2.36. The van der Waals surface area contributed by atoms with Gasteiger partial charge in [-0.2, -0.15) is 0 Å². The van der Waals surface area contributed by atoms with Crippen molar-refractivity contribution < 1.29 is 9.53 Å². The number of carbonyl (C=O) groups excluding carboxylic acids is 1. The third-order valence-corrected chi connectivity index (χ3v) is 3.34. The second-order valence-corrected chi connectivity index (χ2v) is 4.82. The zero-order chi connectivity index (χ0) is 13.5. The maximum absolute atomic E-state index is 12.5. The summed E-state index contributed by atoms with van der Waals surface area (Å²) >= 11 is 0. The van der Waals surface area contributed by atoms with Crippen LogP contribution in [0.3, 0.4) is 0 Å². The van der Waals surface area contributed by atoms with Gasteiger partial charge >= 0.3 is 0 Å². The highest BCUT2D eigenvalue weighted by molar-refractivity contribution is 5.99. The van der Waals surface area contributed by atoms with Gasteiger partial charge in [0.2, 0.25) is 0 Å². The first-order valence-electron chi connectivity index (χ1n) is 6.82. The number of hydrogen-bond donors (Lipinski definition) is 0. The van der Waals surface area contributed by atoms with E-state index in [0.717, 1.165) is 42.6 Å². The average molecular weight is 248 g/mol. The predicted molar refractivity (Wildman–Crippen MR) is 75.4 cm³/mol. The lowest BCUT2D eigenvalue weighted by molar-refractivity contribution is 0.0904. The van der Waals surface area contributed by atoms with Gasteiger partial charge in [-0.3, -0.25) is 4.79 Å². The first-order chi connectivity index (χ1) is 8.63. The van der Waals surface area contributed by atoms with Gasteiger partial charge in [0, 0.05) is 11.5 Å². The number of hydrogen-bond acceptors (Lipinski definition) is 2. The van der Waals surface area contributed by atoms with Gasteiger partial charge in [0.1, 0.15) is 5.75 Å². The molecule has 0 heterocycles. The molecule has 1 rings (SSSR count). The van der Waals surface area contributed by atoms with Crippen molar-refractivity contribution in [1.29, 1.82) is 0 Å². The van der Waals surface area contributed by atoms with Crippen molar-refractivity contribution in [2.45, 2.75) is 46.5 Å². The Balaban J connectivity index is 2.93. The lowest BCUT2D eigenvalue weighted by Gasteiger charge is -2.16. The summed E-state index contributed by atoms with van der Waals surface area (Å²) in [4.78, 5) is 12.5. The number of benzene rings is 1. The van der Waals surface area contributed by atoms with Crippen LogP contribution in [0.25, 0.3) is 0 Å². The summed E-state index contributed by atoms with van der Waals surface area (Å²) in [5, 5.41) is 0. The van der Waals surface area contributed by atoms with Crippen molar-refractivity contribution in [2.24, 2.45) is 5.92 Å². The van der Waals surface area contributed by atoms with Crippen molar-refractivity contribution in [3.63, 3.8) is 0 Å². The van der Waals surface area contributed by atoms with Crippen LogP contribution in [0.4, 0.5) is 0 Å². The molecular weight excluding hydrogens is 224 g/mol. The van der Waals surface area contributed by atoms with Crippen LogP contribution in [0.15, 0.2) is 18.2 Å². The first-order valence-corrected chi connectivity index (χ1v) is 6.82. The van der Waals surface area contributed by atoms with Gasteiger partial charge in [0.25, 0.3) is 0 Å². The van der Waals surface area contributed by atoms with E-state index in [0.29, 0.717) is 5.78 Å². The number of rotatable bonds is 7. The Kier molecular flexibility index (Phi) is 5.90. The molecule has 18 heavy (non-hydrogen) atoms. The molecule has 0 amide bonds. The molecule has 1 aromatic rings. The van der Waals surface area contributed by atoms with Crippen LogP contribution in [-0.2, 0) is 0 Å². The van der Waals surface area contributed by atoms with E-state index < -0.39 is 0 Å². The van der Waals surface area contributed by atoms with Crippen molar-refractivity contribution >= 4 is 5.78 Å². The first kappa shape index (κ1) is 14.7. The molecule has 0 unspecified atom stereocenters. The number of Topliss-reactive ketones (excluding diaryl/α,β-unsaturated/α-hetero) is 1. The third kappa shape index (κ3) is 3.59. The van der Waals surface area contributed by atoms with E-state index in [1.165, 1.54) is 0 Å². The minimum Gasteiger partial charge on any atom is -0.497 e. The zero-order valence-electron chi connectivity index (χ0n) is 12.0. The molecule has 0 radical (unpaired) electrons. The van der Waals surface area contributed by atoms with Gasteiger partial charge in [-0.15, -0.1) is 0 Å². The number of ketones is 1. The molecule has 1 aromatic carbocycles. The molecule has 2 nitrogen and oxygen atoms in total. The van der Waals surface area contributed by atoms with Crippen LogP contribution in [0.5, 0.6) is 5.75 Å². The summed E-state index contributed by atoms with van der Waals surface area (Å²) in [6.07, 6.45) is 4.09. The Labute approximate surface area is 110 Å². The van der Waals surface area contributed by atoms with Crippen molar-refractivity contribution in [3.8, 4) is 5.75 Å². The minimum atomic E-state index is 0.173. The van der Waals surface area contributed by atoms with E-state index in [4.69, 9.17) is 4.74 Å². The van der Waals surface area contributed by atoms with Crippen LogP contribution in [0, 0.1) is 12.8 Å². The van der Waals surface area contributed by atoms with E-state index in [1.54, 1.807) is 7.11 Å². The van der Waals surface area contributed by atoms with Crippen LogP contribution < -0.4 is 4.74 Å². The average Bonchev–Trinajstić information content (AvgIpc) is 2.37. The molecule has 0 bridgehead atoms. The van der Waals surface area contributed by atoms with Crippen LogP contribution in [0.2, 0.25) is 0 Å². The summed E-state index contributed by atoms with van der Waals surface area (Å²) in [5.74, 6) is 1.28. The second kappa shape index (κ2) is 7.20. The molecule has 0 N–H and O–H groups in total. The van der Waals surface area contributed by atoms with Crippen molar-refractivity contribution in [2.75, 3.05) is 7.11 Å². The van der Waals surface area contributed by atoms with Crippen LogP contribution in [0.1, 0.15) is 55.5 Å². The van der Waals surface area contributed by atoms with E-state index >= 15 is 0 Å². The minimum absolute atomic E-state index is 0.173. The highest BCUT2D eigenvalue weighted by atomic mass is 16.5. The monoisotopic (exact) mass is 248 g/mol. The van der Waals surface area contributed by atoms with E-state index in [1.807, 2.05) is 25.1 Å². The Morgan fingerprint density at radius 1 is 1.22 bits per heavy atom. The molecule has 0 aliphatic carbocycles. The lowest BCUT2D eigenvalue weighted by Crippen LogP contribution is -2.15. The maximum atomic E-state index is 12.5. The molecule has 100 valence electrons. The predicted octanol–water partition coefficient (Wildman–Crippen LogP) is 4.40. The van der Waals surface area contributed by atoms with Gasteiger partial charge in [-0.05, 0) is 43.5 Å². The molecule has 2 heteroatoms. The number of carbonyl (C=O) groups is 1. The normalized spacial score (nSPS) is 10.7. The molecule has 0 aliphatic rings. The SMILES string of the molecule is CCCC(CCC)C(=O)c1ccc(OC)cc1C. The fraction of sp³-hybridized carbons (Fsp3) is 0.562. The Bertz CT molecular complexity index is 390. The Morgan fingerprint density at radius 2 is 1.83 bits per heavy atom. The van der Waals surface area contributed by atoms with E-state index in [-0.39, 0.29) is 5.92 Å². The molecule has 0 saturated heterocycles. The van der Waals surface area contributed by atoms with Crippen molar-refractivity contribution in [1.82, 2.24) is 0 Å². The summed E-state index contributed by atoms with van der Waals surface area (Å²) in [7, 11) is 1.65. The zero-order valence-corrected chi connectivity index (χ0v) is 12.0. The molecule has 0 aromatic heterocycles. The standard InChI is InChI=1S/C16H24O2/c1-5-7-13(8-6-2)16(17)15-10-9-14(18-4)11-12(15)3/h9-11,13H,5-8H2,1-4H3. The van der Waals surface area contributed by atoms with E-state index in [9.17, 15) is 4.79 Å². The smallest absolute Gasteiger partial charge is 0.166 e. The molecular formula is C16H24O2. The molecule has 0 fully saturated rings. The van der Waals surface area contributed by atoms with Gasteiger partial charge in [0.05, 0.1) is 7.11 Å². The lowest BCUT2D eigenvalue weighted by atomic mass is 9.88. The molecule has 0 saturated carbocycles. The van der Waals surface area contributed by atoms with Crippen LogP contribution >= 0.6 is 0 Å². The Hall–Kier alpha value is -1.31.